The van der Waals surface area contributed by atoms with Crippen LogP contribution < -0.4 is 5.32 Å². The minimum absolute atomic E-state index is 0.285. The predicted molar refractivity (Wildman–Crippen MR) is 65.1 cm³/mol. The Balaban J connectivity index is 1.77. The average molecular weight is 224 g/mol. The number of nitrogens with one attached hydrogen (secondary N) is 1. The van der Waals surface area contributed by atoms with Crippen molar-refractivity contribution in [3.05, 3.63) is 0 Å². The molecule has 0 aromatic rings. The van der Waals surface area contributed by atoms with Crippen LogP contribution in [0.5, 0.6) is 0 Å². The molecule has 16 heavy (non-hydrogen) atoms. The number of hydrogen-bond acceptors (Lipinski definition) is 2. The van der Waals surface area contributed by atoms with Gasteiger partial charge in [-0.2, -0.15) is 0 Å². The summed E-state index contributed by atoms with van der Waals surface area (Å²) in [5.41, 5.74) is 0. The Morgan fingerprint density at radius 3 is 2.38 bits per heavy atom. The lowest BCUT2D eigenvalue weighted by atomic mass is 10.2. The van der Waals surface area contributed by atoms with Gasteiger partial charge >= 0.3 is 0 Å². The summed E-state index contributed by atoms with van der Waals surface area (Å²) < 4.78 is 0. The highest BCUT2D eigenvalue weighted by Crippen LogP contribution is 2.45. The third-order valence-electron chi connectivity index (χ3n) is 4.42. The fourth-order valence-electron chi connectivity index (χ4n) is 2.81. The minimum Gasteiger partial charge on any atom is -0.352 e. The van der Waals surface area contributed by atoms with Crippen LogP contribution in [-0.4, -0.2) is 36.0 Å². The maximum Gasteiger partial charge on any atom is 0.223 e. The number of rotatable bonds is 3. The number of hydrogen-bond donors (Lipinski definition) is 1. The molecular formula is C13H24N2O. The Hall–Kier alpha value is -0.570. The largest absolute Gasteiger partial charge is 0.352 e. The fourth-order valence-corrected chi connectivity index (χ4v) is 2.81. The summed E-state index contributed by atoms with van der Waals surface area (Å²) in [6.45, 7) is 10.9. The maximum absolute atomic E-state index is 11.9. The van der Waals surface area contributed by atoms with Crippen LogP contribution in [0.2, 0.25) is 0 Å². The van der Waals surface area contributed by atoms with Crippen LogP contribution in [0.3, 0.4) is 0 Å². The molecule has 3 unspecified atom stereocenters. The van der Waals surface area contributed by atoms with Gasteiger partial charge in [0.25, 0.3) is 0 Å². The van der Waals surface area contributed by atoms with Crippen LogP contribution in [0.25, 0.3) is 0 Å². The second-order valence-electron chi connectivity index (χ2n) is 5.83. The van der Waals surface area contributed by atoms with E-state index >= 15 is 0 Å². The summed E-state index contributed by atoms with van der Waals surface area (Å²) in [5.74, 6) is 1.74. The van der Waals surface area contributed by atoms with Gasteiger partial charge in [0.2, 0.25) is 5.91 Å². The van der Waals surface area contributed by atoms with E-state index in [-0.39, 0.29) is 11.8 Å². The third-order valence-corrected chi connectivity index (χ3v) is 4.42. The summed E-state index contributed by atoms with van der Waals surface area (Å²) in [6.07, 6.45) is 1.11. The smallest absolute Gasteiger partial charge is 0.223 e. The van der Waals surface area contributed by atoms with E-state index in [0.29, 0.717) is 23.9 Å². The molecule has 2 rings (SSSR count). The van der Waals surface area contributed by atoms with Crippen LogP contribution in [0.4, 0.5) is 0 Å². The number of likely N-dealkylation sites (tertiary alicyclic amines) is 1. The Bertz CT molecular complexity index is 269. The summed E-state index contributed by atoms with van der Waals surface area (Å²) in [4.78, 5) is 14.4. The lowest BCUT2D eigenvalue weighted by molar-refractivity contribution is -0.123. The third kappa shape index (κ3) is 2.24. The molecule has 3 atom stereocenters. The van der Waals surface area contributed by atoms with E-state index in [1.807, 2.05) is 0 Å². The van der Waals surface area contributed by atoms with Gasteiger partial charge in [-0.05, 0) is 32.1 Å². The fraction of sp³-hybridized carbons (Fsp3) is 0.923. The molecule has 2 fully saturated rings. The van der Waals surface area contributed by atoms with Crippen LogP contribution >= 0.6 is 0 Å². The predicted octanol–water partition coefficient (Wildman–Crippen LogP) is 1.49. The normalized spacial score (nSPS) is 39.1. The molecule has 92 valence electrons. The SMILES string of the molecule is CC1C(C)C1C(=O)NC1CCN(C(C)C)C1. The zero-order chi connectivity index (χ0) is 11.9. The molecule has 1 aliphatic carbocycles. The highest BCUT2D eigenvalue weighted by Gasteiger charge is 2.48. The Kier molecular flexibility index (Phi) is 3.24. The van der Waals surface area contributed by atoms with E-state index in [0.717, 1.165) is 19.5 Å². The molecule has 0 aromatic carbocycles. The zero-order valence-electron chi connectivity index (χ0n) is 10.9. The zero-order valence-corrected chi connectivity index (χ0v) is 10.9. The number of nitrogens with zero attached hydrogens (tertiary/aromatic N) is 1. The molecule has 3 heteroatoms. The van der Waals surface area contributed by atoms with E-state index in [2.05, 4.69) is 37.9 Å². The summed E-state index contributed by atoms with van der Waals surface area (Å²) in [5, 5.41) is 3.21. The first-order valence-corrected chi connectivity index (χ1v) is 6.55. The molecule has 1 saturated carbocycles. The first-order chi connectivity index (χ1) is 7.50. The standard InChI is InChI=1S/C13H24N2O/c1-8(2)15-6-5-11(7-15)14-13(16)12-9(3)10(12)4/h8-12H,5-7H2,1-4H3,(H,14,16). The highest BCUT2D eigenvalue weighted by atomic mass is 16.2. The van der Waals surface area contributed by atoms with Gasteiger partial charge in [0, 0.05) is 31.1 Å². The van der Waals surface area contributed by atoms with Crippen molar-refractivity contribution in [1.29, 1.82) is 0 Å². The van der Waals surface area contributed by atoms with Crippen molar-refractivity contribution in [2.24, 2.45) is 17.8 Å². The van der Waals surface area contributed by atoms with E-state index in [1.54, 1.807) is 0 Å². The van der Waals surface area contributed by atoms with E-state index in [1.165, 1.54) is 0 Å². The number of amides is 1. The highest BCUT2D eigenvalue weighted by molar-refractivity contribution is 5.82. The van der Waals surface area contributed by atoms with Gasteiger partial charge in [-0.25, -0.2) is 0 Å². The number of carbonyl (C=O) groups excluding carboxylic acids is 1. The Labute approximate surface area is 98.6 Å². The Morgan fingerprint density at radius 1 is 1.31 bits per heavy atom. The van der Waals surface area contributed by atoms with E-state index < -0.39 is 0 Å². The second-order valence-corrected chi connectivity index (χ2v) is 5.83. The molecule has 0 spiro atoms. The number of carbonyl (C=O) groups is 1. The first-order valence-electron chi connectivity index (χ1n) is 6.55. The van der Waals surface area contributed by atoms with Crippen LogP contribution in [0.1, 0.15) is 34.1 Å². The molecule has 0 radical (unpaired) electrons. The molecular weight excluding hydrogens is 200 g/mol. The van der Waals surface area contributed by atoms with Gasteiger partial charge in [-0.3, -0.25) is 9.69 Å². The molecule has 3 nitrogen and oxygen atoms in total. The van der Waals surface area contributed by atoms with Crippen molar-refractivity contribution in [2.45, 2.75) is 46.2 Å². The lowest BCUT2D eigenvalue weighted by Crippen LogP contribution is -2.39. The maximum atomic E-state index is 11.9. The second kappa shape index (κ2) is 4.36. The van der Waals surface area contributed by atoms with Gasteiger partial charge in [-0.15, -0.1) is 0 Å². The van der Waals surface area contributed by atoms with Crippen LogP contribution in [0.15, 0.2) is 0 Å². The molecule has 1 aliphatic heterocycles. The van der Waals surface area contributed by atoms with Gasteiger partial charge in [0.05, 0.1) is 0 Å². The summed E-state index contributed by atoms with van der Waals surface area (Å²) in [7, 11) is 0. The van der Waals surface area contributed by atoms with E-state index in [4.69, 9.17) is 0 Å². The molecule has 0 bridgehead atoms. The quantitative estimate of drug-likeness (QED) is 0.787. The topological polar surface area (TPSA) is 32.3 Å². The van der Waals surface area contributed by atoms with E-state index in [9.17, 15) is 4.79 Å². The minimum atomic E-state index is 0.285. The van der Waals surface area contributed by atoms with Gasteiger partial charge in [-0.1, -0.05) is 13.8 Å². The van der Waals surface area contributed by atoms with Crippen LogP contribution in [-0.2, 0) is 4.79 Å². The van der Waals surface area contributed by atoms with Gasteiger partial charge < -0.3 is 5.32 Å². The molecule has 0 aromatic heterocycles. The van der Waals surface area contributed by atoms with Crippen molar-refractivity contribution in [2.75, 3.05) is 13.1 Å². The average Bonchev–Trinajstić information content (AvgIpc) is 2.66. The molecule has 1 N–H and O–H groups in total. The lowest BCUT2D eigenvalue weighted by Gasteiger charge is -2.20. The van der Waals surface area contributed by atoms with Crippen molar-refractivity contribution in [3.63, 3.8) is 0 Å². The van der Waals surface area contributed by atoms with Crippen molar-refractivity contribution in [3.8, 4) is 0 Å². The monoisotopic (exact) mass is 224 g/mol. The van der Waals surface area contributed by atoms with Gasteiger partial charge in [0.1, 0.15) is 0 Å². The molecule has 1 heterocycles. The van der Waals surface area contributed by atoms with Crippen molar-refractivity contribution in [1.82, 2.24) is 10.2 Å². The molecule has 1 saturated heterocycles. The summed E-state index contributed by atoms with van der Waals surface area (Å²) in [6, 6.07) is 0.982. The van der Waals surface area contributed by atoms with Crippen molar-refractivity contribution >= 4 is 5.91 Å². The van der Waals surface area contributed by atoms with Crippen molar-refractivity contribution < 1.29 is 4.79 Å². The van der Waals surface area contributed by atoms with Gasteiger partial charge in [0.15, 0.2) is 0 Å². The van der Waals surface area contributed by atoms with Crippen LogP contribution in [0, 0.1) is 17.8 Å². The first kappa shape index (κ1) is 11.9. The molecule has 1 amide bonds. The summed E-state index contributed by atoms with van der Waals surface area (Å²) >= 11 is 0. The molecule has 2 aliphatic rings. The Morgan fingerprint density at radius 2 is 1.94 bits per heavy atom.